The molecule has 0 aromatic carbocycles. The Balaban J connectivity index is 2.19. The van der Waals surface area contributed by atoms with Gasteiger partial charge >= 0.3 is 0 Å². The van der Waals surface area contributed by atoms with Gasteiger partial charge in [-0.3, -0.25) is 9.36 Å². The van der Waals surface area contributed by atoms with E-state index in [4.69, 9.17) is 4.74 Å². The molecule has 0 bridgehead atoms. The lowest BCUT2D eigenvalue weighted by molar-refractivity contribution is 0.234. The third-order valence-corrected chi connectivity index (χ3v) is 5.43. The molecule has 3 heterocycles. The summed E-state index contributed by atoms with van der Waals surface area (Å²) >= 11 is 1.40. The Bertz CT molecular complexity index is 1060. The number of aromatic nitrogens is 3. The molecule has 142 valence electrons. The molecule has 0 atom stereocenters. The maximum atomic E-state index is 13.1. The van der Waals surface area contributed by atoms with Gasteiger partial charge in [0.15, 0.2) is 0 Å². The van der Waals surface area contributed by atoms with Gasteiger partial charge in [0, 0.05) is 32.6 Å². The van der Waals surface area contributed by atoms with Crippen molar-refractivity contribution >= 4 is 43.2 Å². The number of pyridine rings is 1. The van der Waals surface area contributed by atoms with Crippen LogP contribution in [0.4, 0.5) is 5.69 Å². The van der Waals surface area contributed by atoms with E-state index in [-0.39, 0.29) is 5.56 Å². The molecule has 0 radical (unpaired) electrons. The summed E-state index contributed by atoms with van der Waals surface area (Å²) < 4.78 is 7.23. The summed E-state index contributed by atoms with van der Waals surface area (Å²) in [5, 5.41) is 0.953. The molecular weight excluding hydrogens is 360 g/mol. The summed E-state index contributed by atoms with van der Waals surface area (Å²) in [6, 6.07) is 1.99. The molecule has 3 aromatic heterocycles. The van der Waals surface area contributed by atoms with E-state index in [0.717, 1.165) is 40.1 Å². The Morgan fingerprint density at radius 1 is 1.41 bits per heavy atom. The standard InChI is InChI=1S/C20H24N4O2S/c1-5-11-23(3)15-9-10-21-19-16(15)17-18(27-19)20(25)24(13-22-17)14(6-2)8-7-12-26-4/h6-10,13H,5,11-12H2,1-4H3/b8-7-,14-6+. The van der Waals surface area contributed by atoms with E-state index in [1.165, 1.54) is 11.3 Å². The lowest BCUT2D eigenvalue weighted by Gasteiger charge is -2.19. The van der Waals surface area contributed by atoms with Crippen molar-refractivity contribution in [2.75, 3.05) is 32.2 Å². The molecule has 0 aliphatic rings. The molecule has 0 unspecified atom stereocenters. The molecule has 7 heteroatoms. The number of thiophene rings is 1. The van der Waals surface area contributed by atoms with Gasteiger partial charge in [-0.2, -0.15) is 0 Å². The van der Waals surface area contributed by atoms with Crippen LogP contribution >= 0.6 is 11.3 Å². The third-order valence-electron chi connectivity index (χ3n) is 4.36. The van der Waals surface area contributed by atoms with Crippen LogP contribution in [0.2, 0.25) is 0 Å². The fraction of sp³-hybridized carbons (Fsp3) is 0.350. The molecule has 0 spiro atoms. The topological polar surface area (TPSA) is 60.2 Å². The number of hydrogen-bond donors (Lipinski definition) is 0. The second-order valence-electron chi connectivity index (χ2n) is 6.20. The minimum atomic E-state index is -0.0812. The number of rotatable bonds is 7. The monoisotopic (exact) mass is 384 g/mol. The van der Waals surface area contributed by atoms with Gasteiger partial charge in [0.2, 0.25) is 0 Å². The molecule has 0 N–H and O–H groups in total. The zero-order valence-corrected chi connectivity index (χ0v) is 16.9. The van der Waals surface area contributed by atoms with Crippen molar-refractivity contribution in [3.63, 3.8) is 0 Å². The normalized spacial score (nSPS) is 12.5. The van der Waals surface area contributed by atoms with E-state index in [0.29, 0.717) is 11.3 Å². The van der Waals surface area contributed by atoms with Crippen molar-refractivity contribution in [3.05, 3.63) is 47.2 Å². The summed E-state index contributed by atoms with van der Waals surface area (Å²) in [4.78, 5) is 25.3. The van der Waals surface area contributed by atoms with Crippen LogP contribution in [0.3, 0.4) is 0 Å². The fourth-order valence-electron chi connectivity index (χ4n) is 3.08. The minimum absolute atomic E-state index is 0.0812. The maximum Gasteiger partial charge on any atom is 0.275 e. The molecule has 0 fully saturated rings. The van der Waals surface area contributed by atoms with E-state index >= 15 is 0 Å². The molecule has 3 aromatic rings. The summed E-state index contributed by atoms with van der Waals surface area (Å²) in [6.07, 6.45) is 10.1. The molecule has 0 saturated heterocycles. The number of methoxy groups -OCH3 is 1. The summed E-state index contributed by atoms with van der Waals surface area (Å²) in [7, 11) is 3.69. The van der Waals surface area contributed by atoms with E-state index in [2.05, 4.69) is 28.8 Å². The first-order valence-corrected chi connectivity index (χ1v) is 9.76. The van der Waals surface area contributed by atoms with Gasteiger partial charge in [-0.1, -0.05) is 19.1 Å². The van der Waals surface area contributed by atoms with Crippen LogP contribution in [-0.4, -0.2) is 41.8 Å². The quantitative estimate of drug-likeness (QED) is 0.578. The van der Waals surface area contributed by atoms with Gasteiger partial charge in [0.05, 0.1) is 17.7 Å². The first-order valence-electron chi connectivity index (χ1n) is 8.94. The molecule has 0 amide bonds. The van der Waals surface area contributed by atoms with Gasteiger partial charge in [-0.25, -0.2) is 9.97 Å². The SMILES string of the molecule is C/C=C(\C=C/COC)n1cnc2c(sc3nccc(N(C)CCC)c32)c1=O. The molecule has 27 heavy (non-hydrogen) atoms. The van der Waals surface area contributed by atoms with E-state index in [1.807, 2.05) is 31.2 Å². The predicted octanol–water partition coefficient (Wildman–Crippen LogP) is 3.92. The van der Waals surface area contributed by atoms with Gasteiger partial charge in [0.1, 0.15) is 21.4 Å². The molecule has 0 aliphatic carbocycles. The number of nitrogens with zero attached hydrogens (tertiary/aromatic N) is 4. The van der Waals surface area contributed by atoms with Gasteiger partial charge in [-0.05, 0) is 25.5 Å². The van der Waals surface area contributed by atoms with Crippen LogP contribution in [0.25, 0.3) is 26.1 Å². The Hall–Kier alpha value is -2.51. The summed E-state index contributed by atoms with van der Waals surface area (Å²) in [6.45, 7) is 5.46. The molecule has 0 saturated carbocycles. The highest BCUT2D eigenvalue weighted by Crippen LogP contribution is 2.35. The van der Waals surface area contributed by atoms with Gasteiger partial charge in [-0.15, -0.1) is 11.3 Å². The first-order chi connectivity index (χ1) is 13.1. The van der Waals surface area contributed by atoms with Crippen molar-refractivity contribution in [2.24, 2.45) is 0 Å². The second-order valence-corrected chi connectivity index (χ2v) is 7.20. The molecule has 0 aliphatic heterocycles. The first kappa shape index (κ1) is 19.3. The van der Waals surface area contributed by atoms with Crippen LogP contribution in [0, 0.1) is 0 Å². The van der Waals surface area contributed by atoms with Crippen LogP contribution < -0.4 is 10.5 Å². The number of fused-ring (bicyclic) bond motifs is 3. The number of allylic oxidation sites excluding steroid dienone is 3. The number of ether oxygens (including phenoxy) is 1. The Kier molecular flexibility index (Phi) is 6.03. The molecular formula is C20H24N4O2S. The van der Waals surface area contributed by atoms with Crippen LogP contribution in [0.5, 0.6) is 0 Å². The van der Waals surface area contributed by atoms with Gasteiger partial charge < -0.3 is 9.64 Å². The van der Waals surface area contributed by atoms with Crippen molar-refractivity contribution in [2.45, 2.75) is 20.3 Å². The Labute approximate surface area is 162 Å². The second kappa shape index (κ2) is 8.45. The molecule has 6 nitrogen and oxygen atoms in total. The van der Waals surface area contributed by atoms with Crippen molar-refractivity contribution in [1.29, 1.82) is 0 Å². The predicted molar refractivity (Wildman–Crippen MR) is 114 cm³/mol. The fourth-order valence-corrected chi connectivity index (χ4v) is 4.12. The zero-order valence-electron chi connectivity index (χ0n) is 16.1. The highest BCUT2D eigenvalue weighted by atomic mass is 32.1. The van der Waals surface area contributed by atoms with E-state index < -0.39 is 0 Å². The molecule has 3 rings (SSSR count). The maximum absolute atomic E-state index is 13.1. The number of anilines is 1. The van der Waals surface area contributed by atoms with Crippen LogP contribution in [-0.2, 0) is 4.74 Å². The van der Waals surface area contributed by atoms with E-state index in [1.54, 1.807) is 24.2 Å². The minimum Gasteiger partial charge on any atom is -0.381 e. The number of hydrogen-bond acceptors (Lipinski definition) is 6. The average Bonchev–Trinajstić information content (AvgIpc) is 3.06. The highest BCUT2D eigenvalue weighted by molar-refractivity contribution is 7.25. The average molecular weight is 385 g/mol. The Morgan fingerprint density at radius 3 is 2.93 bits per heavy atom. The summed E-state index contributed by atoms with van der Waals surface area (Å²) in [5.74, 6) is 0. The summed E-state index contributed by atoms with van der Waals surface area (Å²) in [5.41, 5.74) is 2.46. The van der Waals surface area contributed by atoms with Crippen molar-refractivity contribution < 1.29 is 4.74 Å². The van der Waals surface area contributed by atoms with Crippen LogP contribution in [0.1, 0.15) is 20.3 Å². The van der Waals surface area contributed by atoms with Crippen LogP contribution in [0.15, 0.2) is 41.6 Å². The Morgan fingerprint density at radius 2 is 2.22 bits per heavy atom. The highest BCUT2D eigenvalue weighted by Gasteiger charge is 2.17. The van der Waals surface area contributed by atoms with Crippen molar-refractivity contribution in [3.8, 4) is 0 Å². The third kappa shape index (κ3) is 3.65. The lowest BCUT2D eigenvalue weighted by atomic mass is 10.2. The van der Waals surface area contributed by atoms with E-state index in [9.17, 15) is 4.79 Å². The smallest absolute Gasteiger partial charge is 0.275 e. The lowest BCUT2D eigenvalue weighted by Crippen LogP contribution is -2.19. The van der Waals surface area contributed by atoms with Gasteiger partial charge in [0.25, 0.3) is 5.56 Å². The van der Waals surface area contributed by atoms with Crippen molar-refractivity contribution in [1.82, 2.24) is 14.5 Å². The zero-order chi connectivity index (χ0) is 19.4. The largest absolute Gasteiger partial charge is 0.381 e.